The molecule has 1 N–H and O–H groups in total. The zero-order chi connectivity index (χ0) is 20.1. The summed E-state index contributed by atoms with van der Waals surface area (Å²) in [5.41, 5.74) is 1.36. The summed E-state index contributed by atoms with van der Waals surface area (Å²) in [5.74, 6) is 1.43. The molecule has 1 aromatic rings. The van der Waals surface area contributed by atoms with Gasteiger partial charge in [0.05, 0.1) is 18.5 Å². The van der Waals surface area contributed by atoms with Crippen LogP contribution in [0.5, 0.6) is 0 Å². The second-order valence-corrected chi connectivity index (χ2v) is 9.76. The molecule has 2 unspecified atom stereocenters. The summed E-state index contributed by atoms with van der Waals surface area (Å²) in [5, 5.41) is 3.55. The fourth-order valence-corrected chi connectivity index (χ4v) is 4.87. The molecule has 3 rings (SSSR count). The van der Waals surface area contributed by atoms with E-state index in [0.717, 1.165) is 12.4 Å². The maximum atomic E-state index is 12.5. The molecule has 0 radical (unpaired) electrons. The Bertz CT molecular complexity index is 759. The summed E-state index contributed by atoms with van der Waals surface area (Å²) in [6.07, 6.45) is 1.15. The molecule has 156 valence electrons. The maximum absolute atomic E-state index is 12.5. The topological polar surface area (TPSA) is 74.2 Å². The molecular weight excluding hydrogens is 376 g/mol. The van der Waals surface area contributed by atoms with Crippen molar-refractivity contribution >= 4 is 16.0 Å². The molecule has 28 heavy (non-hydrogen) atoms. The number of aliphatic imine (C=N–C) groups is 1. The summed E-state index contributed by atoms with van der Waals surface area (Å²) in [6.45, 7) is 6.32. The third-order valence-corrected chi connectivity index (χ3v) is 7.10. The van der Waals surface area contributed by atoms with Gasteiger partial charge in [-0.15, -0.1) is 0 Å². The van der Waals surface area contributed by atoms with E-state index in [1.807, 2.05) is 19.9 Å². The van der Waals surface area contributed by atoms with Crippen LogP contribution in [0, 0.1) is 0 Å². The van der Waals surface area contributed by atoms with E-state index in [0.29, 0.717) is 38.1 Å². The van der Waals surface area contributed by atoms with Crippen molar-refractivity contribution in [3.05, 3.63) is 35.9 Å². The van der Waals surface area contributed by atoms with Gasteiger partial charge in [-0.25, -0.2) is 8.42 Å². The highest BCUT2D eigenvalue weighted by molar-refractivity contribution is 7.89. The molecule has 1 heterocycles. The third kappa shape index (κ3) is 5.46. The first-order valence-corrected chi connectivity index (χ1v) is 11.6. The highest BCUT2D eigenvalue weighted by Gasteiger charge is 2.40. The Hall–Kier alpha value is -1.64. The van der Waals surface area contributed by atoms with Gasteiger partial charge >= 0.3 is 0 Å². The van der Waals surface area contributed by atoms with Gasteiger partial charge in [-0.2, -0.15) is 4.31 Å². The van der Waals surface area contributed by atoms with Gasteiger partial charge in [0.1, 0.15) is 0 Å². The Kier molecular flexibility index (Phi) is 6.95. The second kappa shape index (κ2) is 9.24. The number of hydrogen-bond acceptors (Lipinski definition) is 4. The summed E-state index contributed by atoms with van der Waals surface area (Å²) >= 11 is 0. The van der Waals surface area contributed by atoms with Crippen molar-refractivity contribution in [2.45, 2.75) is 38.3 Å². The Morgan fingerprint density at radius 3 is 2.50 bits per heavy atom. The van der Waals surface area contributed by atoms with Gasteiger partial charge < -0.3 is 15.0 Å². The first-order valence-electron chi connectivity index (χ1n) is 10.0. The Balaban J connectivity index is 1.47. The van der Waals surface area contributed by atoms with Gasteiger partial charge in [0.2, 0.25) is 10.0 Å². The lowest BCUT2D eigenvalue weighted by molar-refractivity contribution is 0.0904. The number of sulfonamides is 1. The molecule has 2 atom stereocenters. The minimum atomic E-state index is -3.27. The SMILES string of the molecule is CN=C(NC1CC1c1ccccc1)N1CCN(S(=O)(=O)CCOC(C)C)CC1. The average Bonchev–Trinajstić information content (AvgIpc) is 3.46. The molecule has 7 nitrogen and oxygen atoms in total. The van der Waals surface area contributed by atoms with Crippen LogP contribution in [0.2, 0.25) is 0 Å². The quantitative estimate of drug-likeness (QED) is 0.547. The van der Waals surface area contributed by atoms with Gasteiger partial charge in [-0.3, -0.25) is 4.99 Å². The molecule has 0 aromatic heterocycles. The van der Waals surface area contributed by atoms with Gasteiger partial charge in [-0.1, -0.05) is 30.3 Å². The summed E-state index contributed by atoms with van der Waals surface area (Å²) in [6, 6.07) is 10.9. The molecule has 2 aliphatic rings. The minimum absolute atomic E-state index is 0.0407. The third-order valence-electron chi connectivity index (χ3n) is 5.27. The molecule has 1 aliphatic carbocycles. The fourth-order valence-electron chi connectivity index (χ4n) is 3.58. The summed E-state index contributed by atoms with van der Waals surface area (Å²) in [7, 11) is -1.48. The van der Waals surface area contributed by atoms with Crippen LogP contribution in [0.3, 0.4) is 0 Å². The smallest absolute Gasteiger partial charge is 0.216 e. The Labute approximate surface area is 168 Å². The molecule has 1 saturated carbocycles. The molecule has 1 aromatic carbocycles. The predicted octanol–water partition coefficient (Wildman–Crippen LogP) is 1.49. The molecular formula is C20H32N4O3S. The zero-order valence-corrected chi connectivity index (χ0v) is 17.9. The van der Waals surface area contributed by atoms with E-state index in [2.05, 4.69) is 39.5 Å². The molecule has 1 aliphatic heterocycles. The minimum Gasteiger partial charge on any atom is -0.378 e. The summed E-state index contributed by atoms with van der Waals surface area (Å²) < 4.78 is 31.9. The maximum Gasteiger partial charge on any atom is 0.216 e. The lowest BCUT2D eigenvalue weighted by Gasteiger charge is -2.36. The average molecular weight is 409 g/mol. The van der Waals surface area contributed by atoms with Crippen LogP contribution in [0.4, 0.5) is 0 Å². The van der Waals surface area contributed by atoms with E-state index < -0.39 is 10.0 Å². The normalized spacial score (nSPS) is 23.9. The van der Waals surface area contributed by atoms with Gasteiger partial charge in [0.25, 0.3) is 0 Å². The van der Waals surface area contributed by atoms with E-state index in [9.17, 15) is 8.42 Å². The van der Waals surface area contributed by atoms with Crippen molar-refractivity contribution in [1.29, 1.82) is 0 Å². The molecule has 2 fully saturated rings. The van der Waals surface area contributed by atoms with Crippen molar-refractivity contribution in [2.24, 2.45) is 4.99 Å². The number of nitrogens with one attached hydrogen (secondary N) is 1. The van der Waals surface area contributed by atoms with Crippen LogP contribution >= 0.6 is 0 Å². The summed E-state index contributed by atoms with van der Waals surface area (Å²) in [4.78, 5) is 6.57. The second-order valence-electron chi connectivity index (χ2n) is 7.67. The number of rotatable bonds is 7. The number of guanidine groups is 1. The van der Waals surface area contributed by atoms with Crippen LogP contribution in [0.1, 0.15) is 31.7 Å². The molecule has 0 spiro atoms. The van der Waals surface area contributed by atoms with Crippen LogP contribution in [0.25, 0.3) is 0 Å². The molecule has 1 saturated heterocycles. The van der Waals surface area contributed by atoms with Crippen molar-refractivity contribution in [2.75, 3.05) is 45.6 Å². The Morgan fingerprint density at radius 1 is 1.21 bits per heavy atom. The fraction of sp³-hybridized carbons (Fsp3) is 0.650. The number of ether oxygens (including phenoxy) is 1. The number of nitrogens with zero attached hydrogens (tertiary/aromatic N) is 3. The van der Waals surface area contributed by atoms with Crippen LogP contribution in [-0.4, -0.2) is 81.3 Å². The van der Waals surface area contributed by atoms with E-state index in [4.69, 9.17) is 4.74 Å². The standard InChI is InChI=1S/C20H32N4O3S/c1-16(2)27-13-14-28(25,26)24-11-9-23(10-12-24)20(21-3)22-19-15-18(19)17-7-5-4-6-8-17/h4-8,16,18-19H,9-15H2,1-3H3,(H,21,22). The lowest BCUT2D eigenvalue weighted by Crippen LogP contribution is -2.54. The first kappa shape index (κ1) is 21.1. The van der Waals surface area contributed by atoms with E-state index in [1.165, 1.54) is 5.56 Å². The predicted molar refractivity (Wildman–Crippen MR) is 112 cm³/mol. The van der Waals surface area contributed by atoms with Crippen LogP contribution < -0.4 is 5.32 Å². The monoisotopic (exact) mass is 408 g/mol. The van der Waals surface area contributed by atoms with E-state index in [1.54, 1.807) is 11.4 Å². The molecule has 0 amide bonds. The van der Waals surface area contributed by atoms with E-state index >= 15 is 0 Å². The van der Waals surface area contributed by atoms with E-state index in [-0.39, 0.29) is 18.5 Å². The molecule has 8 heteroatoms. The molecule has 0 bridgehead atoms. The number of hydrogen-bond donors (Lipinski definition) is 1. The van der Waals surface area contributed by atoms with Crippen LogP contribution in [0.15, 0.2) is 35.3 Å². The van der Waals surface area contributed by atoms with Crippen LogP contribution in [-0.2, 0) is 14.8 Å². The van der Waals surface area contributed by atoms with Crippen molar-refractivity contribution in [3.63, 3.8) is 0 Å². The first-order chi connectivity index (χ1) is 13.4. The highest BCUT2D eigenvalue weighted by atomic mass is 32.2. The zero-order valence-electron chi connectivity index (χ0n) is 17.0. The Morgan fingerprint density at radius 2 is 1.89 bits per heavy atom. The van der Waals surface area contributed by atoms with Gasteiger partial charge in [0, 0.05) is 45.2 Å². The highest BCUT2D eigenvalue weighted by Crippen LogP contribution is 2.40. The largest absolute Gasteiger partial charge is 0.378 e. The number of benzene rings is 1. The van der Waals surface area contributed by atoms with Gasteiger partial charge in [-0.05, 0) is 25.8 Å². The van der Waals surface area contributed by atoms with Gasteiger partial charge in [0.15, 0.2) is 5.96 Å². The lowest BCUT2D eigenvalue weighted by atomic mass is 10.1. The number of piperazine rings is 1. The van der Waals surface area contributed by atoms with Crippen molar-refractivity contribution in [3.8, 4) is 0 Å². The van der Waals surface area contributed by atoms with Crippen molar-refractivity contribution in [1.82, 2.24) is 14.5 Å². The van der Waals surface area contributed by atoms with Crippen molar-refractivity contribution < 1.29 is 13.2 Å².